The molecule has 1 aromatic heterocycles. The lowest BCUT2D eigenvalue weighted by Gasteiger charge is -2.12. The van der Waals surface area contributed by atoms with Gasteiger partial charge in [0, 0.05) is 25.2 Å². The van der Waals surface area contributed by atoms with Crippen molar-refractivity contribution in [1.29, 1.82) is 0 Å². The van der Waals surface area contributed by atoms with E-state index in [0.717, 1.165) is 28.0 Å². The van der Waals surface area contributed by atoms with Crippen molar-refractivity contribution in [3.05, 3.63) is 47.5 Å². The Morgan fingerprint density at radius 2 is 1.63 bits per heavy atom. The van der Waals surface area contributed by atoms with Crippen LogP contribution in [0.5, 0.6) is 17.2 Å². The third kappa shape index (κ3) is 4.16. The summed E-state index contributed by atoms with van der Waals surface area (Å²) in [4.78, 5) is 12.3. The quantitative estimate of drug-likeness (QED) is 0.534. The average molecular weight is 410 g/mol. The Hall–Kier alpha value is -3.32. The number of hydrogen-bond acceptors (Lipinski definition) is 6. The number of methoxy groups -OCH3 is 3. The molecule has 0 spiro atoms. The summed E-state index contributed by atoms with van der Waals surface area (Å²) >= 11 is 0. The maximum absolute atomic E-state index is 12.3. The van der Waals surface area contributed by atoms with E-state index in [1.807, 2.05) is 38.1 Å². The van der Waals surface area contributed by atoms with E-state index in [4.69, 9.17) is 18.9 Å². The summed E-state index contributed by atoms with van der Waals surface area (Å²) < 4.78 is 22.8. The summed E-state index contributed by atoms with van der Waals surface area (Å²) in [7, 11) is 4.76. The van der Waals surface area contributed by atoms with E-state index in [0.29, 0.717) is 22.9 Å². The fourth-order valence-electron chi connectivity index (χ4n) is 3.23. The van der Waals surface area contributed by atoms with Crippen LogP contribution < -0.4 is 14.2 Å². The first-order valence-electron chi connectivity index (χ1n) is 9.46. The zero-order valence-electron chi connectivity index (χ0n) is 18.1. The molecule has 0 unspecified atom stereocenters. The number of carbonyl (C=O) groups excluding carboxylic acids is 1. The van der Waals surface area contributed by atoms with Crippen LogP contribution in [0.15, 0.2) is 36.4 Å². The van der Waals surface area contributed by atoms with E-state index in [1.54, 1.807) is 33.5 Å². The van der Waals surface area contributed by atoms with Gasteiger partial charge in [0.1, 0.15) is 5.75 Å². The van der Waals surface area contributed by atoms with Crippen molar-refractivity contribution in [2.24, 2.45) is 0 Å². The first-order chi connectivity index (χ1) is 14.4. The summed E-state index contributed by atoms with van der Waals surface area (Å²) in [6.07, 6.45) is 0. The number of benzene rings is 2. The van der Waals surface area contributed by atoms with Gasteiger partial charge in [-0.2, -0.15) is 9.78 Å². The first-order valence-corrected chi connectivity index (χ1v) is 9.46. The molecule has 0 aliphatic heterocycles. The van der Waals surface area contributed by atoms with E-state index in [-0.39, 0.29) is 12.7 Å². The maximum Gasteiger partial charge on any atom is 0.244 e. The minimum Gasteiger partial charge on any atom is -0.496 e. The van der Waals surface area contributed by atoms with Crippen molar-refractivity contribution in [1.82, 2.24) is 9.78 Å². The zero-order chi connectivity index (χ0) is 21.8. The number of aromatic nitrogens is 2. The lowest BCUT2D eigenvalue weighted by molar-refractivity contribution is 0.0492. The molecule has 0 N–H and O–H groups in total. The third-order valence-electron chi connectivity index (χ3n) is 4.93. The molecule has 1 heterocycles. The molecule has 0 fully saturated rings. The second-order valence-corrected chi connectivity index (χ2v) is 6.88. The number of rotatable bonds is 7. The molecule has 0 aliphatic rings. The zero-order valence-corrected chi connectivity index (χ0v) is 18.1. The highest BCUT2D eigenvalue weighted by molar-refractivity contribution is 5.84. The highest BCUT2D eigenvalue weighted by Crippen LogP contribution is 2.35. The number of carbonyl (C=O) groups is 1. The lowest BCUT2D eigenvalue weighted by atomic mass is 10.0. The molecule has 7 nitrogen and oxygen atoms in total. The van der Waals surface area contributed by atoms with Crippen LogP contribution in [0.4, 0.5) is 0 Å². The summed E-state index contributed by atoms with van der Waals surface area (Å²) in [5.74, 6) is 1.68. The molecule has 0 atom stereocenters. The van der Waals surface area contributed by atoms with Gasteiger partial charge in [-0.3, -0.25) is 4.79 Å². The summed E-state index contributed by atoms with van der Waals surface area (Å²) in [5.41, 5.74) is 5.13. The molecule has 3 rings (SSSR count). The van der Waals surface area contributed by atoms with Crippen LogP contribution in [0.25, 0.3) is 22.5 Å². The van der Waals surface area contributed by atoms with Gasteiger partial charge < -0.3 is 18.9 Å². The molecule has 2 aromatic carbocycles. The van der Waals surface area contributed by atoms with Gasteiger partial charge >= 0.3 is 0 Å². The fraction of sp³-hybridized carbons (Fsp3) is 0.304. The third-order valence-corrected chi connectivity index (χ3v) is 4.93. The van der Waals surface area contributed by atoms with Crippen molar-refractivity contribution in [2.45, 2.75) is 20.8 Å². The first kappa shape index (κ1) is 21.4. The molecule has 0 saturated heterocycles. The second-order valence-electron chi connectivity index (χ2n) is 6.88. The van der Waals surface area contributed by atoms with Crippen molar-refractivity contribution >= 4 is 5.91 Å². The minimum absolute atomic E-state index is 0.0828. The van der Waals surface area contributed by atoms with Gasteiger partial charge in [0.25, 0.3) is 0 Å². The predicted octanol–water partition coefficient (Wildman–Crippen LogP) is 4.49. The van der Waals surface area contributed by atoms with Crippen LogP contribution in [-0.4, -0.2) is 43.8 Å². The van der Waals surface area contributed by atoms with Crippen molar-refractivity contribution < 1.29 is 23.7 Å². The summed E-state index contributed by atoms with van der Waals surface area (Å²) in [5, 5.41) is 4.55. The number of hydrogen-bond donors (Lipinski definition) is 0. The Bertz CT molecular complexity index is 1070. The van der Waals surface area contributed by atoms with E-state index >= 15 is 0 Å². The van der Waals surface area contributed by atoms with Gasteiger partial charge in [0.2, 0.25) is 5.91 Å². The Kier molecular flexibility index (Phi) is 6.42. The topological polar surface area (TPSA) is 71.8 Å². The van der Waals surface area contributed by atoms with Gasteiger partial charge in [0.05, 0.1) is 25.6 Å². The van der Waals surface area contributed by atoms with Crippen molar-refractivity contribution in [2.75, 3.05) is 28.1 Å². The Labute approximate surface area is 176 Å². The highest BCUT2D eigenvalue weighted by Gasteiger charge is 2.18. The van der Waals surface area contributed by atoms with Gasteiger partial charge in [-0.05, 0) is 61.4 Å². The molecule has 3 aromatic rings. The molecule has 0 radical (unpaired) electrons. The molecule has 0 amide bonds. The number of ether oxygens (including phenoxy) is 4. The molecular formula is C23H26N2O5. The SMILES string of the molecule is COCOc1cc(-c2cc(-c3cc(C)c(C)c(OC)c3)nn2C(C)=O)ccc1OC. The van der Waals surface area contributed by atoms with Crippen LogP contribution in [0, 0.1) is 13.8 Å². The fourth-order valence-corrected chi connectivity index (χ4v) is 3.23. The van der Waals surface area contributed by atoms with Gasteiger partial charge in [-0.1, -0.05) is 0 Å². The second kappa shape index (κ2) is 9.00. The van der Waals surface area contributed by atoms with Crippen LogP contribution in [-0.2, 0) is 4.74 Å². The molecule has 0 aliphatic carbocycles. The van der Waals surface area contributed by atoms with Gasteiger partial charge in [-0.25, -0.2) is 0 Å². The molecule has 7 heteroatoms. The van der Waals surface area contributed by atoms with E-state index in [1.165, 1.54) is 11.6 Å². The minimum atomic E-state index is -0.192. The van der Waals surface area contributed by atoms with Crippen LogP contribution in [0.1, 0.15) is 22.8 Å². The molecule has 158 valence electrons. The predicted molar refractivity (Wildman–Crippen MR) is 114 cm³/mol. The van der Waals surface area contributed by atoms with Crippen molar-refractivity contribution in [3.63, 3.8) is 0 Å². The molecule has 30 heavy (non-hydrogen) atoms. The molecule has 0 saturated carbocycles. The number of nitrogens with zero attached hydrogens (tertiary/aromatic N) is 2. The largest absolute Gasteiger partial charge is 0.496 e. The Morgan fingerprint density at radius 3 is 2.27 bits per heavy atom. The summed E-state index contributed by atoms with van der Waals surface area (Å²) in [6.45, 7) is 5.59. The molecular weight excluding hydrogens is 384 g/mol. The van der Waals surface area contributed by atoms with E-state index in [2.05, 4.69) is 5.10 Å². The van der Waals surface area contributed by atoms with Crippen LogP contribution in [0.3, 0.4) is 0 Å². The van der Waals surface area contributed by atoms with E-state index < -0.39 is 0 Å². The average Bonchev–Trinajstić information content (AvgIpc) is 3.19. The van der Waals surface area contributed by atoms with Gasteiger partial charge in [0.15, 0.2) is 18.3 Å². The Morgan fingerprint density at radius 1 is 0.933 bits per heavy atom. The standard InChI is InChI=1S/C23H26N2O5/c1-14-9-18(11-22(29-6)15(14)2)19-12-20(25(24-19)16(3)26)17-7-8-21(28-5)23(10-17)30-13-27-4/h7-12H,13H2,1-6H3. The van der Waals surface area contributed by atoms with Crippen LogP contribution >= 0.6 is 0 Å². The summed E-state index contributed by atoms with van der Waals surface area (Å²) in [6, 6.07) is 11.3. The molecule has 0 bridgehead atoms. The smallest absolute Gasteiger partial charge is 0.244 e. The van der Waals surface area contributed by atoms with Crippen LogP contribution in [0.2, 0.25) is 0 Å². The number of aryl methyl sites for hydroxylation is 1. The van der Waals surface area contributed by atoms with E-state index in [9.17, 15) is 4.79 Å². The van der Waals surface area contributed by atoms with Gasteiger partial charge in [-0.15, -0.1) is 0 Å². The normalized spacial score (nSPS) is 10.7. The van der Waals surface area contributed by atoms with Crippen molar-refractivity contribution in [3.8, 4) is 39.8 Å². The lowest BCUT2D eigenvalue weighted by Crippen LogP contribution is -2.09. The maximum atomic E-state index is 12.3. The highest BCUT2D eigenvalue weighted by atomic mass is 16.7. The monoisotopic (exact) mass is 410 g/mol. The Balaban J connectivity index is 2.12.